The molecule has 200 valence electrons. The molecule has 6 rings (SSSR count). The Morgan fingerprint density at radius 3 is 2.30 bits per heavy atom. The quantitative estimate of drug-likeness (QED) is 0.162. The summed E-state index contributed by atoms with van der Waals surface area (Å²) >= 11 is 0. The first kappa shape index (κ1) is 25.1. The maximum Gasteiger partial charge on any atom is 0.340 e. The number of Topliss-reactive ketones (excluding diaryl/α,β-unsaturated/α-hetero) is 1. The number of methoxy groups -OCH3 is 3. The summed E-state index contributed by atoms with van der Waals surface area (Å²) in [6.45, 7) is 0. The van der Waals surface area contributed by atoms with E-state index in [9.17, 15) is 24.0 Å². The molecule has 0 amide bonds. The molecule has 1 aliphatic heterocycles. The number of nitrogens with zero attached hydrogens (tertiary/aromatic N) is 1. The van der Waals surface area contributed by atoms with Crippen molar-refractivity contribution in [2.45, 2.75) is 11.7 Å². The number of fused-ring (bicyclic) bond motifs is 6. The van der Waals surface area contributed by atoms with Gasteiger partial charge in [0.15, 0.2) is 17.3 Å². The van der Waals surface area contributed by atoms with Crippen LogP contribution in [0.3, 0.4) is 0 Å². The van der Waals surface area contributed by atoms with Crippen molar-refractivity contribution in [3.63, 3.8) is 0 Å². The topological polar surface area (TPSA) is 148 Å². The summed E-state index contributed by atoms with van der Waals surface area (Å²) in [5.41, 5.74) is -2.20. The zero-order valence-corrected chi connectivity index (χ0v) is 21.3. The smallest absolute Gasteiger partial charge is 0.340 e. The second kappa shape index (κ2) is 8.95. The predicted molar refractivity (Wildman–Crippen MR) is 137 cm³/mol. The molecule has 2 unspecified atom stereocenters. The Morgan fingerprint density at radius 1 is 0.875 bits per heavy atom. The summed E-state index contributed by atoms with van der Waals surface area (Å²) in [7, 11) is 3.43. The van der Waals surface area contributed by atoms with E-state index >= 15 is 0 Å². The van der Waals surface area contributed by atoms with Gasteiger partial charge >= 0.3 is 23.5 Å². The zero-order chi connectivity index (χ0) is 28.3. The summed E-state index contributed by atoms with van der Waals surface area (Å²) in [4.78, 5) is 70.0. The summed E-state index contributed by atoms with van der Waals surface area (Å²) < 4.78 is 26.6. The van der Waals surface area contributed by atoms with Crippen LogP contribution in [0.1, 0.15) is 31.8 Å². The number of pyridine rings is 1. The molecule has 3 heterocycles. The van der Waals surface area contributed by atoms with Crippen molar-refractivity contribution in [3.8, 4) is 0 Å². The maximum absolute atomic E-state index is 14.4. The minimum atomic E-state index is -2.05. The molecule has 0 saturated carbocycles. The molecule has 0 bridgehead atoms. The molecule has 11 heteroatoms. The number of hydrogen-bond donors (Lipinski definition) is 0. The number of carbonyl (C=O) groups excluding carboxylic acids is 4. The number of ketones is 1. The highest BCUT2D eigenvalue weighted by molar-refractivity contribution is 6.27. The summed E-state index contributed by atoms with van der Waals surface area (Å²) in [6, 6.07) is 12.2. The SMILES string of the molecule is COC(=O)C1=C2c3ccccc3C(=O)C2(c2cc3c(C(=O)OC)cc(=O)oc3c3ncccc23)OC1C(=O)OC. The first-order chi connectivity index (χ1) is 19.3. The molecule has 0 spiro atoms. The highest BCUT2D eigenvalue weighted by Crippen LogP contribution is 2.58. The minimum absolute atomic E-state index is 0.0205. The van der Waals surface area contributed by atoms with Crippen molar-refractivity contribution in [2.24, 2.45) is 0 Å². The van der Waals surface area contributed by atoms with Crippen LogP contribution in [0.15, 0.2) is 69.5 Å². The Bertz CT molecular complexity index is 1900. The lowest BCUT2D eigenvalue weighted by atomic mass is 9.81. The van der Waals surface area contributed by atoms with Gasteiger partial charge in [0.2, 0.25) is 5.78 Å². The highest BCUT2D eigenvalue weighted by atomic mass is 16.6. The first-order valence-electron chi connectivity index (χ1n) is 12.0. The Labute approximate surface area is 224 Å². The Morgan fingerprint density at radius 2 is 1.60 bits per heavy atom. The third-order valence-corrected chi connectivity index (χ3v) is 7.15. The number of carbonyl (C=O) groups is 4. The fraction of sp³-hybridized carbons (Fsp3) is 0.172. The number of rotatable bonds is 4. The van der Waals surface area contributed by atoms with E-state index in [-0.39, 0.29) is 44.3 Å². The van der Waals surface area contributed by atoms with Gasteiger partial charge in [-0.25, -0.2) is 19.2 Å². The molecule has 2 atom stereocenters. The first-order valence-corrected chi connectivity index (χ1v) is 12.0. The largest absolute Gasteiger partial charge is 0.467 e. The van der Waals surface area contributed by atoms with Gasteiger partial charge in [0.05, 0.1) is 32.5 Å². The van der Waals surface area contributed by atoms with E-state index in [2.05, 4.69) is 4.98 Å². The standard InChI is InChI=1S/C29H19NO10/c1-36-26(33)17-12-19(31)39-23-16(17)11-18(15-9-6-10-30-22(15)23)29-21(13-7-4-5-8-14(13)25(29)32)20(27(34)37-2)24(40-29)28(35)38-3/h4-12,24H,1-3H3. The molecular formula is C29H19NO10. The van der Waals surface area contributed by atoms with Crippen LogP contribution in [0.4, 0.5) is 0 Å². The lowest BCUT2D eigenvalue weighted by molar-refractivity contribution is -0.157. The lowest BCUT2D eigenvalue weighted by Gasteiger charge is -2.28. The van der Waals surface area contributed by atoms with Gasteiger partial charge in [-0.05, 0) is 17.7 Å². The molecule has 0 saturated heterocycles. The van der Waals surface area contributed by atoms with Crippen LogP contribution in [-0.2, 0) is 34.1 Å². The van der Waals surface area contributed by atoms with Crippen LogP contribution in [0.2, 0.25) is 0 Å². The second-order valence-electron chi connectivity index (χ2n) is 9.03. The summed E-state index contributed by atoms with van der Waals surface area (Å²) in [5.74, 6) is -3.20. The fourth-order valence-electron chi connectivity index (χ4n) is 5.54. The van der Waals surface area contributed by atoms with Crippen LogP contribution in [0.25, 0.3) is 27.4 Å². The molecule has 4 aromatic rings. The Kier molecular flexibility index (Phi) is 5.63. The van der Waals surface area contributed by atoms with Gasteiger partial charge in [-0.2, -0.15) is 0 Å². The number of hydrogen-bond acceptors (Lipinski definition) is 11. The number of esters is 3. The van der Waals surface area contributed by atoms with Crippen molar-refractivity contribution >= 4 is 51.1 Å². The van der Waals surface area contributed by atoms with Crippen molar-refractivity contribution < 1.29 is 42.5 Å². The van der Waals surface area contributed by atoms with Crippen molar-refractivity contribution in [2.75, 3.05) is 21.3 Å². The van der Waals surface area contributed by atoms with Crippen LogP contribution < -0.4 is 5.63 Å². The van der Waals surface area contributed by atoms with Crippen molar-refractivity contribution in [1.29, 1.82) is 0 Å². The zero-order valence-electron chi connectivity index (χ0n) is 21.3. The second-order valence-corrected chi connectivity index (χ2v) is 9.03. The van der Waals surface area contributed by atoms with Gasteiger partial charge in [-0.3, -0.25) is 9.78 Å². The van der Waals surface area contributed by atoms with Gasteiger partial charge in [0.1, 0.15) is 5.52 Å². The molecule has 0 N–H and O–H groups in total. The average Bonchev–Trinajstić information content (AvgIpc) is 3.46. The number of ether oxygens (including phenoxy) is 4. The van der Waals surface area contributed by atoms with Crippen LogP contribution in [0, 0.1) is 0 Å². The van der Waals surface area contributed by atoms with E-state index in [0.29, 0.717) is 10.9 Å². The molecule has 11 nitrogen and oxygen atoms in total. The van der Waals surface area contributed by atoms with Crippen molar-refractivity contribution in [1.82, 2.24) is 4.98 Å². The molecule has 2 aliphatic rings. The fourth-order valence-corrected chi connectivity index (χ4v) is 5.54. The molecule has 1 aliphatic carbocycles. The third kappa shape index (κ3) is 3.21. The van der Waals surface area contributed by atoms with Gasteiger partial charge in [0, 0.05) is 39.7 Å². The van der Waals surface area contributed by atoms with E-state index < -0.39 is 41.0 Å². The molecule has 0 radical (unpaired) electrons. The molecule has 2 aromatic heterocycles. The summed E-state index contributed by atoms with van der Waals surface area (Å²) in [6.07, 6.45) is -0.163. The molecule has 0 fully saturated rings. The van der Waals surface area contributed by atoms with Gasteiger partial charge in [0.25, 0.3) is 0 Å². The van der Waals surface area contributed by atoms with E-state index in [4.69, 9.17) is 23.4 Å². The monoisotopic (exact) mass is 541 g/mol. The normalized spacial score (nSPS) is 19.5. The molecule has 2 aromatic carbocycles. The van der Waals surface area contributed by atoms with Gasteiger partial charge in [-0.15, -0.1) is 0 Å². The minimum Gasteiger partial charge on any atom is -0.467 e. The van der Waals surface area contributed by atoms with E-state index in [1.807, 2.05) is 0 Å². The highest BCUT2D eigenvalue weighted by Gasteiger charge is 2.63. The van der Waals surface area contributed by atoms with Gasteiger partial charge < -0.3 is 23.4 Å². The van der Waals surface area contributed by atoms with E-state index in [1.165, 1.54) is 12.3 Å². The van der Waals surface area contributed by atoms with E-state index in [0.717, 1.165) is 27.4 Å². The Hall–Kier alpha value is -5.16. The maximum atomic E-state index is 14.4. The van der Waals surface area contributed by atoms with Crippen LogP contribution in [0.5, 0.6) is 0 Å². The van der Waals surface area contributed by atoms with Crippen LogP contribution in [-0.4, -0.2) is 56.1 Å². The predicted octanol–water partition coefficient (Wildman–Crippen LogP) is 2.72. The van der Waals surface area contributed by atoms with E-state index in [1.54, 1.807) is 36.4 Å². The number of aromatic nitrogens is 1. The van der Waals surface area contributed by atoms with Gasteiger partial charge in [-0.1, -0.05) is 30.3 Å². The number of benzene rings is 2. The average molecular weight is 541 g/mol. The molecular weight excluding hydrogens is 522 g/mol. The summed E-state index contributed by atoms with van der Waals surface area (Å²) in [5, 5.41) is 0.420. The van der Waals surface area contributed by atoms with Crippen molar-refractivity contribution in [3.05, 3.63) is 93.0 Å². The van der Waals surface area contributed by atoms with Crippen LogP contribution >= 0.6 is 0 Å². The molecule has 40 heavy (non-hydrogen) atoms. The third-order valence-electron chi connectivity index (χ3n) is 7.15. The lowest BCUT2D eigenvalue weighted by Crippen LogP contribution is -2.38. The Balaban J connectivity index is 1.82.